The molecule has 0 aliphatic carbocycles. The van der Waals surface area contributed by atoms with Crippen molar-refractivity contribution in [2.75, 3.05) is 5.32 Å². The zero-order valence-electron chi connectivity index (χ0n) is 13.7. The van der Waals surface area contributed by atoms with Gasteiger partial charge in [0.05, 0.1) is 12.0 Å². The fraction of sp³-hybridized carbons (Fsp3) is 0.278. The van der Waals surface area contributed by atoms with E-state index < -0.39 is 0 Å². The minimum absolute atomic E-state index is 0.0515. The molecule has 0 spiro atoms. The highest BCUT2D eigenvalue weighted by Gasteiger charge is 2.34. The molecule has 0 radical (unpaired) electrons. The van der Waals surface area contributed by atoms with E-state index in [1.165, 1.54) is 11.9 Å². The molecular formula is C18H19N3O3. The molecule has 1 aliphatic rings. The van der Waals surface area contributed by atoms with E-state index in [0.29, 0.717) is 24.3 Å². The number of hydrogen-bond acceptors (Lipinski definition) is 4. The topological polar surface area (TPSA) is 74.9 Å². The smallest absolute Gasteiger partial charge is 0.243 e. The van der Waals surface area contributed by atoms with Crippen molar-refractivity contribution in [2.24, 2.45) is 5.10 Å². The first-order chi connectivity index (χ1) is 11.6. The second-order valence-corrected chi connectivity index (χ2v) is 5.64. The first-order valence-corrected chi connectivity index (χ1v) is 7.89. The number of nitrogens with zero attached hydrogens (tertiary/aromatic N) is 2. The van der Waals surface area contributed by atoms with Crippen LogP contribution in [0.15, 0.2) is 52.2 Å². The summed E-state index contributed by atoms with van der Waals surface area (Å²) in [5, 5.41) is 8.77. The second kappa shape index (κ2) is 6.70. The molecule has 2 heterocycles. The molecule has 0 unspecified atom stereocenters. The fourth-order valence-electron chi connectivity index (χ4n) is 2.76. The summed E-state index contributed by atoms with van der Waals surface area (Å²) in [5.74, 6) is 0.537. The third-order valence-corrected chi connectivity index (χ3v) is 3.86. The summed E-state index contributed by atoms with van der Waals surface area (Å²) >= 11 is 0. The van der Waals surface area contributed by atoms with E-state index >= 15 is 0 Å². The Morgan fingerprint density at radius 1 is 1.33 bits per heavy atom. The van der Waals surface area contributed by atoms with E-state index in [1.807, 2.05) is 37.3 Å². The number of carbonyl (C=O) groups excluding carboxylic acids is 2. The summed E-state index contributed by atoms with van der Waals surface area (Å²) in [4.78, 5) is 23.5. The number of hydrazone groups is 1. The lowest BCUT2D eigenvalue weighted by Gasteiger charge is -2.18. The third-order valence-electron chi connectivity index (χ3n) is 3.86. The maximum absolute atomic E-state index is 12.2. The Labute approximate surface area is 140 Å². The second-order valence-electron chi connectivity index (χ2n) is 5.64. The summed E-state index contributed by atoms with van der Waals surface area (Å²) in [6, 6.07) is 10.9. The van der Waals surface area contributed by atoms with Crippen molar-refractivity contribution in [3.63, 3.8) is 0 Å². The third kappa shape index (κ3) is 3.22. The summed E-state index contributed by atoms with van der Waals surface area (Å²) in [5.41, 5.74) is 2.38. The van der Waals surface area contributed by atoms with E-state index in [2.05, 4.69) is 10.4 Å². The molecule has 1 aromatic carbocycles. The van der Waals surface area contributed by atoms with Gasteiger partial charge >= 0.3 is 0 Å². The van der Waals surface area contributed by atoms with Crippen LogP contribution >= 0.6 is 0 Å². The maximum Gasteiger partial charge on any atom is 0.243 e. The van der Waals surface area contributed by atoms with Gasteiger partial charge in [-0.2, -0.15) is 5.10 Å². The molecule has 1 N–H and O–H groups in total. The molecule has 6 nitrogen and oxygen atoms in total. The number of benzene rings is 1. The van der Waals surface area contributed by atoms with Gasteiger partial charge in [-0.25, -0.2) is 5.01 Å². The zero-order valence-corrected chi connectivity index (χ0v) is 13.7. The van der Waals surface area contributed by atoms with Gasteiger partial charge in [-0.3, -0.25) is 9.59 Å². The summed E-state index contributed by atoms with van der Waals surface area (Å²) in [7, 11) is 0. The summed E-state index contributed by atoms with van der Waals surface area (Å²) in [6.07, 6.45) is 2.54. The molecule has 6 heteroatoms. The molecule has 1 atom stereocenters. The highest BCUT2D eigenvalue weighted by molar-refractivity contribution is 6.04. The van der Waals surface area contributed by atoms with Crippen LogP contribution in [0.2, 0.25) is 0 Å². The van der Waals surface area contributed by atoms with Gasteiger partial charge in [0, 0.05) is 25.5 Å². The van der Waals surface area contributed by atoms with Crippen molar-refractivity contribution in [3.05, 3.63) is 54.0 Å². The molecule has 0 saturated heterocycles. The maximum atomic E-state index is 12.2. The standard InChI is InChI=1S/C18H19N3O3/c1-3-18(23)21-16(17-8-5-9-24-17)11-15(20-21)13-6-4-7-14(10-13)19-12(2)22/h4-10,16H,3,11H2,1-2H3,(H,19,22)/t16-/m0/s1. The minimum Gasteiger partial charge on any atom is -0.467 e. The van der Waals surface area contributed by atoms with Gasteiger partial charge < -0.3 is 9.73 Å². The van der Waals surface area contributed by atoms with Crippen LogP contribution in [0.4, 0.5) is 5.69 Å². The number of carbonyl (C=O) groups is 2. The largest absolute Gasteiger partial charge is 0.467 e. The number of nitrogens with one attached hydrogen (secondary N) is 1. The Morgan fingerprint density at radius 3 is 2.83 bits per heavy atom. The predicted molar refractivity (Wildman–Crippen MR) is 90.5 cm³/mol. The van der Waals surface area contributed by atoms with Crippen LogP contribution in [-0.2, 0) is 9.59 Å². The van der Waals surface area contributed by atoms with Crippen molar-refractivity contribution in [1.29, 1.82) is 0 Å². The Bertz CT molecular complexity index is 781. The first-order valence-electron chi connectivity index (χ1n) is 7.89. The quantitative estimate of drug-likeness (QED) is 0.937. The van der Waals surface area contributed by atoms with Crippen LogP contribution in [0.25, 0.3) is 0 Å². The number of anilines is 1. The monoisotopic (exact) mass is 325 g/mol. The van der Waals surface area contributed by atoms with E-state index in [4.69, 9.17) is 4.42 Å². The van der Waals surface area contributed by atoms with Gasteiger partial charge in [0.25, 0.3) is 0 Å². The van der Waals surface area contributed by atoms with Crippen molar-refractivity contribution in [3.8, 4) is 0 Å². The zero-order chi connectivity index (χ0) is 17.1. The molecule has 124 valence electrons. The van der Waals surface area contributed by atoms with Gasteiger partial charge in [-0.05, 0) is 29.8 Å². The summed E-state index contributed by atoms with van der Waals surface area (Å²) in [6.45, 7) is 3.28. The molecule has 1 aliphatic heterocycles. The molecule has 24 heavy (non-hydrogen) atoms. The van der Waals surface area contributed by atoms with Gasteiger partial charge in [0.15, 0.2) is 0 Å². The van der Waals surface area contributed by atoms with Gasteiger partial charge in [-0.15, -0.1) is 0 Å². The Hall–Kier alpha value is -2.89. The lowest BCUT2D eigenvalue weighted by atomic mass is 10.0. The first kappa shape index (κ1) is 16.0. The molecule has 3 rings (SSSR count). The SMILES string of the molecule is CCC(=O)N1N=C(c2cccc(NC(C)=O)c2)C[C@H]1c1ccco1. The van der Waals surface area contributed by atoms with Crippen LogP contribution in [0.3, 0.4) is 0 Å². The van der Waals surface area contributed by atoms with Crippen LogP contribution in [0.1, 0.15) is 44.1 Å². The summed E-state index contributed by atoms with van der Waals surface area (Å²) < 4.78 is 5.48. The molecule has 1 aromatic heterocycles. The van der Waals surface area contributed by atoms with Crippen molar-refractivity contribution in [1.82, 2.24) is 5.01 Å². The average Bonchev–Trinajstić information content (AvgIpc) is 3.23. The highest BCUT2D eigenvalue weighted by atomic mass is 16.3. The fourth-order valence-corrected chi connectivity index (χ4v) is 2.76. The van der Waals surface area contributed by atoms with Gasteiger partial charge in [-0.1, -0.05) is 19.1 Å². The average molecular weight is 325 g/mol. The van der Waals surface area contributed by atoms with Gasteiger partial charge in [0.1, 0.15) is 11.8 Å². The molecule has 2 aromatic rings. The predicted octanol–water partition coefficient (Wildman–Crippen LogP) is 3.33. The molecular weight excluding hydrogens is 306 g/mol. The van der Waals surface area contributed by atoms with E-state index in [1.54, 1.807) is 12.3 Å². The molecule has 2 amide bonds. The van der Waals surface area contributed by atoms with E-state index in [9.17, 15) is 9.59 Å². The minimum atomic E-state index is -0.230. The molecule has 0 fully saturated rings. The number of rotatable bonds is 4. The van der Waals surface area contributed by atoms with Crippen molar-refractivity contribution >= 4 is 23.2 Å². The number of amides is 2. The van der Waals surface area contributed by atoms with Crippen LogP contribution in [0, 0.1) is 0 Å². The van der Waals surface area contributed by atoms with E-state index in [0.717, 1.165) is 11.3 Å². The van der Waals surface area contributed by atoms with Gasteiger partial charge in [0.2, 0.25) is 11.8 Å². The number of furan rings is 1. The lowest BCUT2D eigenvalue weighted by molar-refractivity contribution is -0.133. The Balaban J connectivity index is 1.91. The lowest BCUT2D eigenvalue weighted by Crippen LogP contribution is -2.25. The van der Waals surface area contributed by atoms with Crippen molar-refractivity contribution in [2.45, 2.75) is 32.7 Å². The Kier molecular flexibility index (Phi) is 4.46. The van der Waals surface area contributed by atoms with Crippen molar-refractivity contribution < 1.29 is 14.0 Å². The highest BCUT2D eigenvalue weighted by Crippen LogP contribution is 2.33. The molecule has 0 bridgehead atoms. The van der Waals surface area contributed by atoms with Crippen LogP contribution < -0.4 is 5.32 Å². The van der Waals surface area contributed by atoms with E-state index in [-0.39, 0.29) is 17.9 Å². The normalized spacial score (nSPS) is 16.8. The van der Waals surface area contributed by atoms with Crippen LogP contribution in [-0.4, -0.2) is 22.5 Å². The number of hydrogen-bond donors (Lipinski definition) is 1. The molecule has 0 saturated carbocycles. The Morgan fingerprint density at radius 2 is 2.17 bits per heavy atom. The van der Waals surface area contributed by atoms with Crippen LogP contribution in [0.5, 0.6) is 0 Å².